The van der Waals surface area contributed by atoms with Gasteiger partial charge >= 0.3 is 6.09 Å². The summed E-state index contributed by atoms with van der Waals surface area (Å²) in [5.41, 5.74) is 5.06. The Hall–Kier alpha value is -4.97. The van der Waals surface area contributed by atoms with Crippen molar-refractivity contribution in [3.8, 4) is 0 Å². The van der Waals surface area contributed by atoms with Gasteiger partial charge in [-0.1, -0.05) is 36.4 Å². The van der Waals surface area contributed by atoms with Crippen LogP contribution in [0.4, 0.5) is 22.1 Å². The van der Waals surface area contributed by atoms with Gasteiger partial charge in [-0.3, -0.25) is 4.79 Å². The van der Waals surface area contributed by atoms with Crippen LogP contribution in [0.3, 0.4) is 0 Å². The number of hydrogen-bond donors (Lipinski definition) is 1. The minimum Gasteiger partial charge on any atom is -0.444 e. The Balaban J connectivity index is 1.04. The van der Waals surface area contributed by atoms with Crippen molar-refractivity contribution in [1.29, 1.82) is 0 Å². The van der Waals surface area contributed by atoms with E-state index in [9.17, 15) is 9.59 Å². The molecule has 2 aromatic carbocycles. The summed E-state index contributed by atoms with van der Waals surface area (Å²) in [5.74, 6) is 1.54. The van der Waals surface area contributed by atoms with Crippen molar-refractivity contribution in [3.05, 3.63) is 82.3 Å². The fourth-order valence-corrected chi connectivity index (χ4v) is 8.75. The molecule has 1 amide bonds. The lowest BCUT2D eigenvalue weighted by atomic mass is 9.72. The lowest BCUT2D eigenvalue weighted by molar-refractivity contribution is -0.0368. The molecule has 264 valence electrons. The maximum absolute atomic E-state index is 13.1. The number of anilines is 3. The molecule has 4 aliphatic rings. The van der Waals surface area contributed by atoms with Crippen LogP contribution in [0, 0.1) is 5.41 Å². The first-order valence-electron chi connectivity index (χ1n) is 18.3. The van der Waals surface area contributed by atoms with Gasteiger partial charge in [0.1, 0.15) is 11.4 Å². The summed E-state index contributed by atoms with van der Waals surface area (Å²) in [6, 6.07) is 18.0. The van der Waals surface area contributed by atoms with Gasteiger partial charge < -0.3 is 29.2 Å². The first-order valence-corrected chi connectivity index (χ1v) is 18.3. The second kappa shape index (κ2) is 12.1. The average molecular weight is 689 g/mol. The van der Waals surface area contributed by atoms with Gasteiger partial charge in [-0.15, -0.1) is 5.10 Å². The zero-order valence-electron chi connectivity index (χ0n) is 29.5. The van der Waals surface area contributed by atoms with E-state index in [2.05, 4.69) is 45.4 Å². The molecular weight excluding hydrogens is 644 g/mol. The average Bonchev–Trinajstić information content (AvgIpc) is 3.65. The molecule has 1 unspecified atom stereocenters. The van der Waals surface area contributed by atoms with E-state index in [0.717, 1.165) is 85.4 Å². The molecule has 1 spiro atoms. The molecule has 0 saturated carbocycles. The number of aromatic nitrogens is 5. The normalized spacial score (nSPS) is 21.3. The Morgan fingerprint density at radius 2 is 1.84 bits per heavy atom. The number of carbonyl (C=O) groups is 1. The summed E-state index contributed by atoms with van der Waals surface area (Å²) < 4.78 is 15.8. The van der Waals surface area contributed by atoms with Gasteiger partial charge in [0.15, 0.2) is 23.2 Å². The fraction of sp³-hybridized carbons (Fsp3) is 0.462. The van der Waals surface area contributed by atoms with Crippen molar-refractivity contribution in [2.24, 2.45) is 5.41 Å². The van der Waals surface area contributed by atoms with Gasteiger partial charge in [0.05, 0.1) is 23.4 Å². The summed E-state index contributed by atoms with van der Waals surface area (Å²) in [6.07, 6.45) is 6.90. The van der Waals surface area contributed by atoms with Crippen LogP contribution in [0.25, 0.3) is 22.1 Å². The summed E-state index contributed by atoms with van der Waals surface area (Å²) in [4.78, 5) is 40.7. The smallest absolute Gasteiger partial charge is 0.408 e. The molecule has 3 aliphatic heterocycles. The Labute approximate surface area is 296 Å². The minimum atomic E-state index is -0.573. The van der Waals surface area contributed by atoms with E-state index >= 15 is 0 Å². The monoisotopic (exact) mass is 688 g/mol. The molecule has 6 heterocycles. The van der Waals surface area contributed by atoms with Crippen molar-refractivity contribution in [2.75, 3.05) is 36.0 Å². The van der Waals surface area contributed by atoms with Crippen LogP contribution in [-0.4, -0.2) is 62.3 Å². The van der Waals surface area contributed by atoms with E-state index in [-0.39, 0.29) is 29.3 Å². The number of fused-ring (bicyclic) bond motifs is 2. The van der Waals surface area contributed by atoms with Crippen LogP contribution in [0.5, 0.6) is 0 Å². The number of rotatable bonds is 4. The third-order valence-corrected chi connectivity index (χ3v) is 11.1. The van der Waals surface area contributed by atoms with E-state index in [0.29, 0.717) is 25.3 Å². The molecule has 3 aromatic heterocycles. The number of alkyl carbamates (subject to hydrolysis) is 1. The molecular formula is C39H44N8O4. The number of carbonyl (C=O) groups excluding carboxylic acids is 1. The molecule has 1 N–H and O–H groups in total. The number of benzene rings is 2. The summed E-state index contributed by atoms with van der Waals surface area (Å²) >= 11 is 0. The first kappa shape index (κ1) is 32.0. The predicted octanol–water partition coefficient (Wildman–Crippen LogP) is 6.40. The number of nitrogens with zero attached hydrogens (tertiary/aromatic N) is 7. The Bertz CT molecular complexity index is 2210. The number of para-hydroxylation sites is 1. The number of pyridine rings is 1. The van der Waals surface area contributed by atoms with Gasteiger partial charge in [0.2, 0.25) is 0 Å². The quantitative estimate of drug-likeness (QED) is 0.229. The summed E-state index contributed by atoms with van der Waals surface area (Å²) in [5, 5.41) is 9.47. The molecule has 9 rings (SSSR count). The van der Waals surface area contributed by atoms with E-state index in [4.69, 9.17) is 24.5 Å². The number of nitrogens with one attached hydrogen (secondary N) is 1. The van der Waals surface area contributed by atoms with E-state index in [1.54, 1.807) is 6.07 Å². The van der Waals surface area contributed by atoms with E-state index in [1.807, 2.05) is 54.4 Å². The first-order chi connectivity index (χ1) is 24.7. The SMILES string of the molecule is CC(C)(C)OC(=O)N[C@@H]1c2ccccc2CC12CCN(c1cnc3c(N4CCn5c(=O)ccc6cccc4c65)nn(C4CCCCO4)c3n1)CC2. The van der Waals surface area contributed by atoms with Gasteiger partial charge in [0, 0.05) is 49.7 Å². The molecule has 0 radical (unpaired) electrons. The van der Waals surface area contributed by atoms with Crippen LogP contribution in [-0.2, 0) is 22.4 Å². The van der Waals surface area contributed by atoms with Crippen molar-refractivity contribution in [2.45, 2.75) is 83.7 Å². The topological polar surface area (TPSA) is 120 Å². The van der Waals surface area contributed by atoms with Gasteiger partial charge in [-0.25, -0.2) is 19.4 Å². The maximum Gasteiger partial charge on any atom is 0.408 e. The Morgan fingerprint density at radius 3 is 2.65 bits per heavy atom. The Morgan fingerprint density at radius 1 is 1.00 bits per heavy atom. The number of hydrogen-bond acceptors (Lipinski definition) is 9. The van der Waals surface area contributed by atoms with E-state index in [1.165, 1.54) is 11.1 Å². The Kier molecular flexibility index (Phi) is 7.57. The lowest BCUT2D eigenvalue weighted by Gasteiger charge is -2.43. The lowest BCUT2D eigenvalue weighted by Crippen LogP contribution is -2.48. The predicted molar refractivity (Wildman–Crippen MR) is 196 cm³/mol. The number of amides is 1. The molecule has 12 nitrogen and oxygen atoms in total. The molecule has 1 aliphatic carbocycles. The van der Waals surface area contributed by atoms with Gasteiger partial charge in [0.25, 0.3) is 5.56 Å². The van der Waals surface area contributed by atoms with Crippen LogP contribution < -0.4 is 20.7 Å². The second-order valence-electron chi connectivity index (χ2n) is 15.5. The molecule has 2 atom stereocenters. The number of piperidine rings is 1. The van der Waals surface area contributed by atoms with Crippen molar-refractivity contribution in [3.63, 3.8) is 0 Å². The van der Waals surface area contributed by atoms with Gasteiger partial charge in [-0.2, -0.15) is 0 Å². The summed E-state index contributed by atoms with van der Waals surface area (Å²) in [7, 11) is 0. The third-order valence-electron chi connectivity index (χ3n) is 11.1. The van der Waals surface area contributed by atoms with Gasteiger partial charge in [-0.05, 0) is 82.6 Å². The highest BCUT2D eigenvalue weighted by atomic mass is 16.6. The second-order valence-corrected chi connectivity index (χ2v) is 15.5. The summed E-state index contributed by atoms with van der Waals surface area (Å²) in [6.45, 7) is 9.06. The van der Waals surface area contributed by atoms with Crippen LogP contribution in [0.2, 0.25) is 0 Å². The maximum atomic E-state index is 13.1. The number of ether oxygens (including phenoxy) is 2. The van der Waals surface area contributed by atoms with Crippen molar-refractivity contribution < 1.29 is 14.3 Å². The highest BCUT2D eigenvalue weighted by Crippen LogP contribution is 2.52. The fourth-order valence-electron chi connectivity index (χ4n) is 8.75. The van der Waals surface area contributed by atoms with Crippen LogP contribution in [0.1, 0.15) is 76.3 Å². The highest BCUT2D eigenvalue weighted by molar-refractivity contribution is 5.97. The molecule has 2 fully saturated rings. The standard InChI is InChI=1S/C39H44N8O4/c1-38(2,3)51-37(49)42-34-27-11-5-4-9-26(27)23-39(34)16-18-44(19-17-39)29-24-40-32-35(41-29)47(31-13-6-7-22-50-31)43-36(32)45-20-21-46-30(48)15-14-25-10-8-12-28(45)33(25)46/h4-5,8-12,14-15,24,31,34H,6-7,13,16-23H2,1-3H3,(H,42,49)/t31?,34-/m1/s1. The molecule has 51 heavy (non-hydrogen) atoms. The van der Waals surface area contributed by atoms with Crippen LogP contribution in [0.15, 0.2) is 65.6 Å². The zero-order chi connectivity index (χ0) is 34.9. The zero-order valence-corrected chi connectivity index (χ0v) is 29.5. The molecule has 2 saturated heterocycles. The largest absolute Gasteiger partial charge is 0.444 e. The molecule has 0 bridgehead atoms. The molecule has 5 aromatic rings. The van der Waals surface area contributed by atoms with Crippen molar-refractivity contribution >= 4 is 45.5 Å². The minimum absolute atomic E-state index is 0.00163. The highest BCUT2D eigenvalue weighted by Gasteiger charge is 2.49. The van der Waals surface area contributed by atoms with Crippen molar-refractivity contribution in [1.82, 2.24) is 29.6 Å². The van der Waals surface area contributed by atoms with Crippen LogP contribution >= 0.6 is 0 Å². The van der Waals surface area contributed by atoms with E-state index < -0.39 is 5.60 Å². The third kappa shape index (κ3) is 5.51. The molecule has 12 heteroatoms.